The first-order valence-electron chi connectivity index (χ1n) is 7.69. The summed E-state index contributed by atoms with van der Waals surface area (Å²) in [4.78, 5) is 12.3. The zero-order valence-electron chi connectivity index (χ0n) is 12.5. The van der Waals surface area contributed by atoms with Gasteiger partial charge in [0.05, 0.1) is 5.56 Å². The molecule has 3 aliphatic rings. The Bertz CT molecular complexity index is 776. The summed E-state index contributed by atoms with van der Waals surface area (Å²) in [5.74, 6) is -1.45. The minimum absolute atomic E-state index is 0.0187. The lowest BCUT2D eigenvalue weighted by molar-refractivity contribution is -0.138. The van der Waals surface area contributed by atoms with Gasteiger partial charge in [0.25, 0.3) is 0 Å². The molecular weight excluding hydrogens is 298 g/mol. The number of carbonyl (C=O) groups excluding carboxylic acids is 1. The van der Waals surface area contributed by atoms with Crippen LogP contribution in [0.2, 0.25) is 0 Å². The number of Topliss-reactive ketones (excluding diaryl/α,β-unsaturated/α-hetero) is 1. The quantitative estimate of drug-likeness (QED) is 0.851. The van der Waals surface area contributed by atoms with E-state index in [4.69, 9.17) is 0 Å². The van der Waals surface area contributed by atoms with Crippen LogP contribution in [0.3, 0.4) is 0 Å². The molecule has 3 saturated carbocycles. The molecule has 0 aliphatic heterocycles. The first-order chi connectivity index (χ1) is 10.9. The van der Waals surface area contributed by atoms with E-state index in [0.29, 0.717) is 6.42 Å². The van der Waals surface area contributed by atoms with Gasteiger partial charge in [-0.1, -0.05) is 12.1 Å². The SMILES string of the molecule is O=C(CC12CC(c3ccc(O)cc3)(C1)C2)c1ccc(F)cc1F. The molecule has 4 heteroatoms. The molecule has 0 unspecified atom stereocenters. The third-order valence-electron chi connectivity index (χ3n) is 5.39. The molecule has 0 radical (unpaired) electrons. The molecule has 0 amide bonds. The van der Waals surface area contributed by atoms with Crippen molar-refractivity contribution in [3.05, 3.63) is 65.2 Å². The highest BCUT2D eigenvalue weighted by atomic mass is 19.1. The lowest BCUT2D eigenvalue weighted by atomic mass is 9.32. The Hall–Kier alpha value is -2.23. The predicted molar refractivity (Wildman–Crippen MR) is 81.4 cm³/mol. The lowest BCUT2D eigenvalue weighted by Crippen LogP contribution is -2.65. The van der Waals surface area contributed by atoms with Crippen LogP contribution >= 0.6 is 0 Å². The summed E-state index contributed by atoms with van der Waals surface area (Å²) in [6.07, 6.45) is 3.06. The Morgan fingerprint density at radius 2 is 1.70 bits per heavy atom. The van der Waals surface area contributed by atoms with Gasteiger partial charge in [0.1, 0.15) is 17.4 Å². The van der Waals surface area contributed by atoms with Gasteiger partial charge < -0.3 is 5.11 Å². The predicted octanol–water partition coefficient (Wildman–Crippen LogP) is 4.37. The number of rotatable bonds is 4. The fourth-order valence-corrected chi connectivity index (χ4v) is 4.46. The van der Waals surface area contributed by atoms with Gasteiger partial charge in [0, 0.05) is 12.5 Å². The smallest absolute Gasteiger partial charge is 0.166 e. The van der Waals surface area contributed by atoms with Crippen LogP contribution in [0.5, 0.6) is 5.75 Å². The molecule has 2 aromatic rings. The second kappa shape index (κ2) is 4.63. The normalized spacial score (nSPS) is 27.9. The highest BCUT2D eigenvalue weighted by molar-refractivity contribution is 5.97. The summed E-state index contributed by atoms with van der Waals surface area (Å²) >= 11 is 0. The molecule has 3 fully saturated rings. The Balaban J connectivity index is 1.45. The van der Waals surface area contributed by atoms with Crippen LogP contribution in [-0.4, -0.2) is 10.9 Å². The molecule has 2 aromatic carbocycles. The number of ketones is 1. The van der Waals surface area contributed by atoms with Gasteiger partial charge in [-0.2, -0.15) is 0 Å². The molecule has 5 rings (SSSR count). The van der Waals surface area contributed by atoms with Crippen LogP contribution in [0.15, 0.2) is 42.5 Å². The molecular formula is C19H16F2O2. The van der Waals surface area contributed by atoms with E-state index in [-0.39, 0.29) is 27.9 Å². The second-order valence-electron chi connectivity index (χ2n) is 7.08. The summed E-state index contributed by atoms with van der Waals surface area (Å²) in [6, 6.07) is 10.3. The fraction of sp³-hybridized carbons (Fsp3) is 0.316. The van der Waals surface area contributed by atoms with Crippen molar-refractivity contribution < 1.29 is 18.7 Å². The largest absolute Gasteiger partial charge is 0.508 e. The molecule has 2 nitrogen and oxygen atoms in total. The number of carbonyl (C=O) groups is 1. The van der Waals surface area contributed by atoms with E-state index in [1.807, 2.05) is 12.1 Å². The fourth-order valence-electron chi connectivity index (χ4n) is 4.46. The third-order valence-corrected chi connectivity index (χ3v) is 5.39. The maximum Gasteiger partial charge on any atom is 0.166 e. The average molecular weight is 314 g/mol. The molecule has 0 saturated heterocycles. The number of phenols is 1. The number of halogens is 2. The van der Waals surface area contributed by atoms with Crippen molar-refractivity contribution in [3.63, 3.8) is 0 Å². The molecule has 2 bridgehead atoms. The van der Waals surface area contributed by atoms with E-state index in [2.05, 4.69) is 0 Å². The summed E-state index contributed by atoms with van der Waals surface area (Å²) in [5.41, 5.74) is 1.26. The molecule has 1 N–H and O–H groups in total. The first-order valence-corrected chi connectivity index (χ1v) is 7.69. The van der Waals surface area contributed by atoms with Crippen molar-refractivity contribution in [1.82, 2.24) is 0 Å². The van der Waals surface area contributed by atoms with Crippen molar-refractivity contribution in [2.75, 3.05) is 0 Å². The lowest BCUT2D eigenvalue weighted by Gasteiger charge is -2.71. The Kier molecular flexibility index (Phi) is 2.89. The maximum atomic E-state index is 13.7. The van der Waals surface area contributed by atoms with Gasteiger partial charge in [-0.15, -0.1) is 0 Å². The van der Waals surface area contributed by atoms with Crippen LogP contribution in [0.25, 0.3) is 0 Å². The van der Waals surface area contributed by atoms with E-state index >= 15 is 0 Å². The molecule has 0 spiro atoms. The Morgan fingerprint density at radius 1 is 1.04 bits per heavy atom. The van der Waals surface area contributed by atoms with Crippen molar-refractivity contribution in [1.29, 1.82) is 0 Å². The number of aromatic hydroxyl groups is 1. The van der Waals surface area contributed by atoms with Crippen molar-refractivity contribution >= 4 is 5.78 Å². The monoisotopic (exact) mass is 314 g/mol. The zero-order valence-corrected chi connectivity index (χ0v) is 12.5. The summed E-state index contributed by atoms with van der Waals surface area (Å²) < 4.78 is 26.6. The van der Waals surface area contributed by atoms with Crippen molar-refractivity contribution in [2.24, 2.45) is 5.41 Å². The minimum atomic E-state index is -0.783. The molecule has 0 heterocycles. The molecule has 0 aromatic heterocycles. The molecule has 118 valence electrons. The summed E-state index contributed by atoms with van der Waals surface area (Å²) in [5, 5.41) is 9.36. The van der Waals surface area contributed by atoms with E-state index in [0.717, 1.165) is 31.4 Å². The van der Waals surface area contributed by atoms with Gasteiger partial charge in [-0.25, -0.2) is 8.78 Å². The number of phenolic OH excluding ortho intramolecular Hbond substituents is 1. The Labute approximate surface area is 132 Å². The van der Waals surface area contributed by atoms with Crippen LogP contribution in [0, 0.1) is 17.0 Å². The van der Waals surface area contributed by atoms with Crippen LogP contribution in [0.1, 0.15) is 41.6 Å². The third kappa shape index (κ3) is 2.16. The summed E-state index contributed by atoms with van der Waals surface area (Å²) in [7, 11) is 0. The molecule has 0 atom stereocenters. The molecule has 23 heavy (non-hydrogen) atoms. The average Bonchev–Trinajstić information content (AvgIpc) is 2.42. The van der Waals surface area contributed by atoms with Crippen molar-refractivity contribution in [2.45, 2.75) is 31.1 Å². The van der Waals surface area contributed by atoms with Crippen molar-refractivity contribution in [3.8, 4) is 5.75 Å². The van der Waals surface area contributed by atoms with E-state index in [1.165, 1.54) is 11.6 Å². The highest BCUT2D eigenvalue weighted by Gasteiger charge is 2.68. The topological polar surface area (TPSA) is 37.3 Å². The highest BCUT2D eigenvalue weighted by Crippen LogP contribution is 2.75. The molecule has 3 aliphatic carbocycles. The standard InChI is InChI=1S/C19H16F2O2/c20-13-3-6-15(16(21)7-13)17(23)8-18-9-19(10-18,11-18)12-1-4-14(22)5-2-12/h1-7,22H,8-11H2. The van der Waals surface area contributed by atoms with Gasteiger partial charge in [0.2, 0.25) is 0 Å². The number of benzene rings is 2. The number of hydrogen-bond donors (Lipinski definition) is 1. The Morgan fingerprint density at radius 3 is 2.30 bits per heavy atom. The van der Waals surface area contributed by atoms with Crippen LogP contribution in [-0.2, 0) is 5.41 Å². The van der Waals surface area contributed by atoms with Gasteiger partial charge in [-0.05, 0) is 59.9 Å². The van der Waals surface area contributed by atoms with Gasteiger partial charge >= 0.3 is 0 Å². The zero-order chi connectivity index (χ0) is 16.2. The maximum absolute atomic E-state index is 13.7. The van der Waals surface area contributed by atoms with Gasteiger partial charge in [-0.3, -0.25) is 4.79 Å². The van der Waals surface area contributed by atoms with Crippen LogP contribution in [0.4, 0.5) is 8.78 Å². The summed E-state index contributed by atoms with van der Waals surface area (Å²) in [6.45, 7) is 0. The van der Waals surface area contributed by atoms with E-state index < -0.39 is 11.6 Å². The first kappa shape index (κ1) is 14.4. The van der Waals surface area contributed by atoms with E-state index in [9.17, 15) is 18.7 Å². The number of hydrogen-bond acceptors (Lipinski definition) is 2. The second-order valence-corrected chi connectivity index (χ2v) is 7.08. The van der Waals surface area contributed by atoms with E-state index in [1.54, 1.807) is 12.1 Å². The minimum Gasteiger partial charge on any atom is -0.508 e. The van der Waals surface area contributed by atoms with Crippen LogP contribution < -0.4 is 0 Å². The van der Waals surface area contributed by atoms with Gasteiger partial charge in [0.15, 0.2) is 5.78 Å².